The van der Waals surface area contributed by atoms with Crippen LogP contribution in [0, 0.1) is 0 Å². The van der Waals surface area contributed by atoms with Crippen molar-refractivity contribution in [2.24, 2.45) is 10.2 Å². The summed E-state index contributed by atoms with van der Waals surface area (Å²) < 4.78 is 2.79. The lowest BCUT2D eigenvalue weighted by Gasteiger charge is -2.00. The molecule has 0 spiro atoms. The molecule has 2 heterocycles. The van der Waals surface area contributed by atoms with Gasteiger partial charge in [0, 0.05) is 0 Å². The Bertz CT molecular complexity index is 867. The van der Waals surface area contributed by atoms with Crippen molar-refractivity contribution in [1.82, 2.24) is 40.4 Å². The standard InChI is InChI=1S/C16H16N10O2/c27-15(7-25-11-17-9-21-25)23-19-5-13-1-2-14(4-3-13)6-20-24-16(28)8-26-12-18-10-22-26/h1-6,9-12H,7-8H2,(H,23,27)(H,24,28). The Morgan fingerprint density at radius 3 is 1.61 bits per heavy atom. The van der Waals surface area contributed by atoms with Crippen LogP contribution in [0.25, 0.3) is 0 Å². The summed E-state index contributed by atoms with van der Waals surface area (Å²) in [6.07, 6.45) is 8.62. The van der Waals surface area contributed by atoms with Crippen LogP contribution in [-0.4, -0.2) is 53.8 Å². The number of aromatic nitrogens is 6. The van der Waals surface area contributed by atoms with Crippen LogP contribution in [0.4, 0.5) is 0 Å². The van der Waals surface area contributed by atoms with Crippen molar-refractivity contribution >= 4 is 24.2 Å². The average molecular weight is 380 g/mol. The molecule has 0 radical (unpaired) electrons. The number of hydrogen-bond donors (Lipinski definition) is 2. The van der Waals surface area contributed by atoms with Gasteiger partial charge in [-0.2, -0.15) is 20.4 Å². The molecule has 12 heteroatoms. The van der Waals surface area contributed by atoms with Crippen molar-refractivity contribution in [3.05, 3.63) is 60.7 Å². The predicted molar refractivity (Wildman–Crippen MR) is 98.0 cm³/mol. The zero-order valence-electron chi connectivity index (χ0n) is 14.6. The summed E-state index contributed by atoms with van der Waals surface area (Å²) in [5.41, 5.74) is 6.38. The largest absolute Gasteiger partial charge is 0.271 e. The number of hydrazone groups is 2. The molecule has 3 rings (SSSR count). The molecule has 0 aliphatic rings. The van der Waals surface area contributed by atoms with E-state index in [1.54, 1.807) is 24.3 Å². The second-order valence-electron chi connectivity index (χ2n) is 5.44. The lowest BCUT2D eigenvalue weighted by molar-refractivity contribution is -0.122. The molecule has 0 saturated carbocycles. The fourth-order valence-electron chi connectivity index (χ4n) is 2.02. The number of carbonyl (C=O) groups excluding carboxylic acids is 2. The lowest BCUT2D eigenvalue weighted by atomic mass is 10.2. The smallest absolute Gasteiger partial charge is 0.261 e. The van der Waals surface area contributed by atoms with Gasteiger partial charge in [0.15, 0.2) is 0 Å². The van der Waals surface area contributed by atoms with E-state index in [0.29, 0.717) is 0 Å². The number of nitrogens with zero attached hydrogens (tertiary/aromatic N) is 8. The van der Waals surface area contributed by atoms with Gasteiger partial charge in [-0.1, -0.05) is 24.3 Å². The molecule has 2 aromatic heterocycles. The maximum absolute atomic E-state index is 11.7. The van der Waals surface area contributed by atoms with Crippen molar-refractivity contribution in [1.29, 1.82) is 0 Å². The zero-order valence-corrected chi connectivity index (χ0v) is 14.6. The molecule has 12 nitrogen and oxygen atoms in total. The monoisotopic (exact) mass is 380 g/mol. The summed E-state index contributed by atoms with van der Waals surface area (Å²) in [7, 11) is 0. The predicted octanol–water partition coefficient (Wildman–Crippen LogP) is -0.830. The number of carbonyl (C=O) groups is 2. The van der Waals surface area contributed by atoms with Gasteiger partial charge in [-0.05, 0) is 11.1 Å². The van der Waals surface area contributed by atoms with Crippen LogP contribution < -0.4 is 10.9 Å². The van der Waals surface area contributed by atoms with Crippen molar-refractivity contribution < 1.29 is 9.59 Å². The molecule has 28 heavy (non-hydrogen) atoms. The Hall–Kier alpha value is -4.22. The first-order valence-electron chi connectivity index (χ1n) is 8.08. The molecule has 0 fully saturated rings. The molecule has 0 unspecified atom stereocenters. The van der Waals surface area contributed by atoms with E-state index >= 15 is 0 Å². The molecule has 2 amide bonds. The minimum atomic E-state index is -0.313. The highest BCUT2D eigenvalue weighted by molar-refractivity contribution is 5.85. The van der Waals surface area contributed by atoms with E-state index in [9.17, 15) is 9.59 Å². The van der Waals surface area contributed by atoms with Crippen LogP contribution in [-0.2, 0) is 22.7 Å². The Morgan fingerprint density at radius 2 is 1.25 bits per heavy atom. The summed E-state index contributed by atoms with van der Waals surface area (Å²) in [6, 6.07) is 7.19. The topological polar surface area (TPSA) is 144 Å². The highest BCUT2D eigenvalue weighted by Gasteiger charge is 2.01. The highest BCUT2D eigenvalue weighted by atomic mass is 16.2. The molecule has 0 aliphatic heterocycles. The first kappa shape index (κ1) is 18.6. The Labute approximate surface area is 159 Å². The Morgan fingerprint density at radius 1 is 0.821 bits per heavy atom. The fraction of sp³-hybridized carbons (Fsp3) is 0.125. The first-order chi connectivity index (χ1) is 13.7. The molecule has 142 valence electrons. The third-order valence-corrected chi connectivity index (χ3v) is 3.29. The lowest BCUT2D eigenvalue weighted by Crippen LogP contribution is -2.23. The van der Waals surface area contributed by atoms with Crippen molar-refractivity contribution in [2.75, 3.05) is 0 Å². The maximum Gasteiger partial charge on any atom is 0.261 e. The van der Waals surface area contributed by atoms with Gasteiger partial charge in [0.05, 0.1) is 12.4 Å². The van der Waals surface area contributed by atoms with Crippen LogP contribution in [0.1, 0.15) is 11.1 Å². The number of nitrogens with one attached hydrogen (secondary N) is 2. The van der Waals surface area contributed by atoms with E-state index in [2.05, 4.69) is 41.2 Å². The SMILES string of the molecule is O=C(Cn1cncn1)NN=Cc1ccc(C=NNC(=O)Cn2cncn2)cc1. The number of hydrogen-bond acceptors (Lipinski definition) is 8. The van der Waals surface area contributed by atoms with Crippen molar-refractivity contribution in [3.63, 3.8) is 0 Å². The average Bonchev–Trinajstić information content (AvgIpc) is 3.37. The molecule has 0 saturated heterocycles. The molecule has 1 aromatic carbocycles. The van der Waals surface area contributed by atoms with Crippen LogP contribution in [0.3, 0.4) is 0 Å². The number of benzene rings is 1. The number of amides is 2. The van der Waals surface area contributed by atoms with E-state index in [4.69, 9.17) is 0 Å². The Balaban J connectivity index is 1.42. The molecular weight excluding hydrogens is 364 g/mol. The first-order valence-corrected chi connectivity index (χ1v) is 8.08. The minimum Gasteiger partial charge on any atom is -0.271 e. The summed E-state index contributed by atoms with van der Waals surface area (Å²) in [4.78, 5) is 30.8. The van der Waals surface area contributed by atoms with Gasteiger partial charge in [-0.25, -0.2) is 30.2 Å². The second-order valence-corrected chi connectivity index (χ2v) is 5.44. The van der Waals surface area contributed by atoms with Gasteiger partial charge in [0.1, 0.15) is 38.4 Å². The quantitative estimate of drug-likeness (QED) is 0.385. The molecule has 3 aromatic rings. The van der Waals surface area contributed by atoms with Gasteiger partial charge >= 0.3 is 0 Å². The zero-order chi connectivity index (χ0) is 19.6. The van der Waals surface area contributed by atoms with Gasteiger partial charge < -0.3 is 0 Å². The summed E-state index contributed by atoms with van der Waals surface area (Å²) >= 11 is 0. The van der Waals surface area contributed by atoms with Crippen LogP contribution >= 0.6 is 0 Å². The van der Waals surface area contributed by atoms with Crippen LogP contribution in [0.15, 0.2) is 59.8 Å². The van der Waals surface area contributed by atoms with Crippen molar-refractivity contribution in [3.8, 4) is 0 Å². The third-order valence-electron chi connectivity index (χ3n) is 3.29. The van der Waals surface area contributed by atoms with E-state index in [1.807, 2.05) is 0 Å². The molecule has 2 N–H and O–H groups in total. The minimum absolute atomic E-state index is 0.0371. The van der Waals surface area contributed by atoms with Gasteiger partial charge in [0.25, 0.3) is 11.8 Å². The second kappa shape index (κ2) is 9.47. The summed E-state index contributed by atoms with van der Waals surface area (Å²) in [5, 5.41) is 15.4. The van der Waals surface area contributed by atoms with Crippen LogP contribution in [0.5, 0.6) is 0 Å². The van der Waals surface area contributed by atoms with Gasteiger partial charge in [0.2, 0.25) is 0 Å². The van der Waals surface area contributed by atoms with E-state index < -0.39 is 0 Å². The van der Waals surface area contributed by atoms with E-state index in [0.717, 1.165) is 11.1 Å². The highest BCUT2D eigenvalue weighted by Crippen LogP contribution is 2.00. The van der Waals surface area contributed by atoms with Gasteiger partial charge in [-0.3, -0.25) is 9.59 Å². The molecule has 0 aliphatic carbocycles. The van der Waals surface area contributed by atoms with E-state index in [1.165, 1.54) is 47.1 Å². The summed E-state index contributed by atoms with van der Waals surface area (Å²) in [5.74, 6) is -0.626. The normalized spacial score (nSPS) is 11.1. The fourth-order valence-corrected chi connectivity index (χ4v) is 2.02. The number of rotatable bonds is 8. The van der Waals surface area contributed by atoms with E-state index in [-0.39, 0.29) is 24.9 Å². The third kappa shape index (κ3) is 5.94. The van der Waals surface area contributed by atoms with Crippen LogP contribution in [0.2, 0.25) is 0 Å². The molecule has 0 bridgehead atoms. The Kier molecular flexibility index (Phi) is 6.28. The van der Waals surface area contributed by atoms with Crippen molar-refractivity contribution in [2.45, 2.75) is 13.1 Å². The molecular formula is C16H16N10O2. The molecule has 0 atom stereocenters. The van der Waals surface area contributed by atoms with Gasteiger partial charge in [-0.15, -0.1) is 0 Å². The maximum atomic E-state index is 11.7. The summed E-state index contributed by atoms with van der Waals surface area (Å²) in [6.45, 7) is 0.0741.